The first kappa shape index (κ1) is 32.5. The quantitative estimate of drug-likeness (QED) is 0.177. The van der Waals surface area contributed by atoms with Gasteiger partial charge in [0.2, 0.25) is 5.75 Å². The molecule has 0 aliphatic rings. The Morgan fingerprint density at radius 3 is 1.79 bits per heavy atom. The molecule has 43 heavy (non-hydrogen) atoms. The number of carbonyl (C=O) groups is 1. The second kappa shape index (κ2) is 14.7. The predicted octanol–water partition coefficient (Wildman–Crippen LogP) is 4.97. The van der Waals surface area contributed by atoms with E-state index in [1.165, 1.54) is 92.4 Å². The lowest BCUT2D eigenvalue weighted by Gasteiger charge is -2.13. The molecule has 0 unspecified atom stereocenters. The largest absolute Gasteiger partial charge is 0.496 e. The molecule has 0 heterocycles. The van der Waals surface area contributed by atoms with Crippen molar-refractivity contribution in [3.8, 4) is 40.2 Å². The summed E-state index contributed by atoms with van der Waals surface area (Å²) in [6, 6.07) is 10.9. The van der Waals surface area contributed by atoms with Crippen molar-refractivity contribution in [3.05, 3.63) is 71.3 Å². The van der Waals surface area contributed by atoms with Crippen molar-refractivity contribution in [3.63, 3.8) is 0 Å². The van der Waals surface area contributed by atoms with Crippen LogP contribution in [-0.2, 0) is 10.0 Å². The molecule has 0 spiro atoms. The Morgan fingerprint density at radius 2 is 1.28 bits per heavy atom. The topological polar surface area (TPSA) is 140 Å². The highest BCUT2D eigenvalue weighted by molar-refractivity contribution is 7.95. The molecule has 0 radical (unpaired) electrons. The van der Waals surface area contributed by atoms with Crippen LogP contribution in [0.4, 0.5) is 11.4 Å². The van der Waals surface area contributed by atoms with Crippen molar-refractivity contribution in [2.24, 2.45) is 0 Å². The van der Waals surface area contributed by atoms with Crippen LogP contribution in [-0.4, -0.2) is 64.0 Å². The molecule has 0 aliphatic carbocycles. The van der Waals surface area contributed by atoms with Crippen LogP contribution < -0.4 is 43.2 Å². The summed E-state index contributed by atoms with van der Waals surface area (Å²) in [5, 5.41) is 3.95. The third kappa shape index (κ3) is 8.04. The number of hydrogen-bond acceptors (Lipinski definition) is 11. The summed E-state index contributed by atoms with van der Waals surface area (Å²) in [6.45, 7) is 0. The second-order valence-electron chi connectivity index (χ2n) is 8.57. The molecule has 0 aliphatic heterocycles. The zero-order valence-electron chi connectivity index (χ0n) is 24.8. The molecular weight excluding hydrogens is 580 g/mol. The van der Waals surface area contributed by atoms with Gasteiger partial charge in [-0.1, -0.05) is 0 Å². The Bertz CT molecular complexity index is 1570. The first-order valence-corrected chi connectivity index (χ1v) is 14.1. The lowest BCUT2D eigenvalue weighted by atomic mass is 10.1. The van der Waals surface area contributed by atoms with E-state index in [4.69, 9.17) is 33.2 Å². The van der Waals surface area contributed by atoms with Crippen molar-refractivity contribution in [2.75, 3.05) is 59.8 Å². The Morgan fingerprint density at radius 1 is 0.698 bits per heavy atom. The van der Waals surface area contributed by atoms with Crippen LogP contribution in [0.5, 0.6) is 40.2 Å². The van der Waals surface area contributed by atoms with Crippen molar-refractivity contribution in [1.29, 1.82) is 0 Å². The van der Waals surface area contributed by atoms with Crippen molar-refractivity contribution in [2.45, 2.75) is 0 Å². The van der Waals surface area contributed by atoms with Crippen LogP contribution in [0.3, 0.4) is 0 Å². The fourth-order valence-electron chi connectivity index (χ4n) is 3.96. The molecule has 2 N–H and O–H groups in total. The minimum atomic E-state index is -3.97. The third-order valence-corrected chi connectivity index (χ3v) is 7.06. The SMILES string of the molecule is COc1cc(OC)c(C=CS(=O)(=O)Nc2ccc(OC)c(NC=CC(=O)c3cc(OC)c(OC)c(OC)c3)c2)c(OC)c1. The average molecular weight is 615 g/mol. The van der Waals surface area contributed by atoms with E-state index in [-0.39, 0.29) is 11.5 Å². The number of sulfonamides is 1. The summed E-state index contributed by atoms with van der Waals surface area (Å²) in [6.07, 6.45) is 4.07. The number of carbonyl (C=O) groups excluding carboxylic acids is 1. The maximum absolute atomic E-state index is 12.9. The molecule has 12 nitrogen and oxygen atoms in total. The third-order valence-electron chi connectivity index (χ3n) is 6.05. The fraction of sp³-hybridized carbons (Fsp3) is 0.233. The van der Waals surface area contributed by atoms with Crippen LogP contribution in [0.2, 0.25) is 0 Å². The molecule has 3 rings (SSSR count). The van der Waals surface area contributed by atoms with E-state index in [0.717, 1.165) is 5.41 Å². The first-order chi connectivity index (χ1) is 20.6. The first-order valence-electron chi connectivity index (χ1n) is 12.6. The van der Waals surface area contributed by atoms with Gasteiger partial charge in [-0.25, -0.2) is 8.42 Å². The molecule has 3 aromatic rings. The van der Waals surface area contributed by atoms with Crippen LogP contribution in [0.1, 0.15) is 15.9 Å². The number of methoxy groups -OCH3 is 7. The molecule has 0 aromatic heterocycles. The molecule has 13 heteroatoms. The maximum Gasteiger partial charge on any atom is 0.255 e. The maximum atomic E-state index is 12.9. The van der Waals surface area contributed by atoms with Gasteiger partial charge in [0, 0.05) is 30.0 Å². The van der Waals surface area contributed by atoms with Crippen molar-refractivity contribution < 1.29 is 46.4 Å². The monoisotopic (exact) mass is 614 g/mol. The summed E-state index contributed by atoms with van der Waals surface area (Å²) in [7, 11) is 6.29. The summed E-state index contributed by atoms with van der Waals surface area (Å²) < 4.78 is 65.6. The van der Waals surface area contributed by atoms with E-state index < -0.39 is 10.0 Å². The number of rotatable bonds is 15. The van der Waals surface area contributed by atoms with Crippen LogP contribution in [0.25, 0.3) is 6.08 Å². The minimum Gasteiger partial charge on any atom is -0.496 e. The van der Waals surface area contributed by atoms with Gasteiger partial charge < -0.3 is 38.5 Å². The van der Waals surface area contributed by atoms with E-state index >= 15 is 0 Å². The molecule has 0 amide bonds. The average Bonchev–Trinajstić information content (AvgIpc) is 3.02. The highest BCUT2D eigenvalue weighted by atomic mass is 32.2. The van der Waals surface area contributed by atoms with Gasteiger partial charge in [0.05, 0.1) is 72.1 Å². The van der Waals surface area contributed by atoms with E-state index in [0.29, 0.717) is 57.1 Å². The highest BCUT2D eigenvalue weighted by Crippen LogP contribution is 2.38. The number of allylic oxidation sites excluding steroid dienone is 1. The summed E-state index contributed by atoms with van der Waals surface area (Å²) >= 11 is 0. The van der Waals surface area contributed by atoms with Gasteiger partial charge in [0.25, 0.3) is 10.0 Å². The van der Waals surface area contributed by atoms with Crippen molar-refractivity contribution in [1.82, 2.24) is 0 Å². The Labute approximate surface area is 250 Å². The predicted molar refractivity (Wildman–Crippen MR) is 164 cm³/mol. The normalized spacial score (nSPS) is 11.2. The molecule has 0 atom stereocenters. The number of benzene rings is 3. The Hall–Kier alpha value is -5.04. The van der Waals surface area contributed by atoms with E-state index in [9.17, 15) is 13.2 Å². The number of nitrogens with one attached hydrogen (secondary N) is 2. The fourth-order valence-corrected chi connectivity index (χ4v) is 4.80. The molecule has 0 bridgehead atoms. The summed E-state index contributed by atoms with van der Waals surface area (Å²) in [5.41, 5.74) is 1.36. The Kier molecular flexibility index (Phi) is 11.1. The second-order valence-corrected chi connectivity index (χ2v) is 10.1. The zero-order chi connectivity index (χ0) is 31.6. The standard InChI is InChI=1S/C30H34N2O10S/c1-36-21-17-26(38-3)22(27(18-21)39-4)11-13-43(34,35)32-20-8-9-25(37-2)23(16-20)31-12-10-24(33)19-14-28(40-5)30(42-7)29(15-19)41-6/h8-18,31-32H,1-7H3. The van der Waals surface area contributed by atoms with E-state index in [1.54, 1.807) is 18.2 Å². The van der Waals surface area contributed by atoms with Gasteiger partial charge in [-0.15, -0.1) is 0 Å². The number of ketones is 1. The zero-order valence-corrected chi connectivity index (χ0v) is 25.7. The van der Waals surface area contributed by atoms with Gasteiger partial charge in [-0.2, -0.15) is 0 Å². The summed E-state index contributed by atoms with van der Waals surface area (Å²) in [5.74, 6) is 2.33. The van der Waals surface area contributed by atoms with Gasteiger partial charge >= 0.3 is 0 Å². The molecule has 3 aromatic carbocycles. The van der Waals surface area contributed by atoms with Gasteiger partial charge in [0.1, 0.15) is 23.0 Å². The number of ether oxygens (including phenoxy) is 7. The van der Waals surface area contributed by atoms with Crippen LogP contribution in [0.15, 0.2) is 60.1 Å². The Balaban J connectivity index is 1.81. The molecule has 230 valence electrons. The lowest BCUT2D eigenvalue weighted by Crippen LogP contribution is -2.09. The highest BCUT2D eigenvalue weighted by Gasteiger charge is 2.17. The van der Waals surface area contributed by atoms with Crippen molar-refractivity contribution >= 4 is 33.3 Å². The van der Waals surface area contributed by atoms with E-state index in [2.05, 4.69) is 10.0 Å². The molecule has 0 fully saturated rings. The van der Waals surface area contributed by atoms with E-state index in [1.807, 2.05) is 0 Å². The summed E-state index contributed by atoms with van der Waals surface area (Å²) in [4.78, 5) is 12.9. The van der Waals surface area contributed by atoms with Crippen LogP contribution in [0, 0.1) is 0 Å². The lowest BCUT2D eigenvalue weighted by molar-refractivity contribution is 0.104. The van der Waals surface area contributed by atoms with Crippen LogP contribution >= 0.6 is 0 Å². The van der Waals surface area contributed by atoms with Gasteiger partial charge in [-0.3, -0.25) is 9.52 Å². The minimum absolute atomic E-state index is 0.242. The number of anilines is 2. The molecule has 0 saturated carbocycles. The molecule has 0 saturated heterocycles. The van der Waals surface area contributed by atoms with Gasteiger partial charge in [-0.05, 0) is 36.4 Å². The smallest absolute Gasteiger partial charge is 0.255 e. The van der Waals surface area contributed by atoms with Gasteiger partial charge in [0.15, 0.2) is 17.3 Å². The number of hydrogen-bond donors (Lipinski definition) is 2. The molecular formula is C30H34N2O10S.